The standard InChI is InChI=1S/C13H12N2O2/c1-2-10-13-9(6-12(17)14-10)8-5-7(16)3-4-11(8)15-13/h3-6,15-16H,2H2,1H3,(H,14,17). The first kappa shape index (κ1) is 9.96. The van der Waals surface area contributed by atoms with Crippen LogP contribution in [0.25, 0.3) is 21.8 Å². The minimum absolute atomic E-state index is 0.112. The topological polar surface area (TPSA) is 68.9 Å². The number of aryl methyl sites for hydroxylation is 1. The number of H-pyrrole nitrogens is 2. The molecule has 4 nitrogen and oxygen atoms in total. The van der Waals surface area contributed by atoms with E-state index in [2.05, 4.69) is 9.97 Å². The van der Waals surface area contributed by atoms with Crippen LogP contribution < -0.4 is 5.56 Å². The number of nitrogens with one attached hydrogen (secondary N) is 2. The summed E-state index contributed by atoms with van der Waals surface area (Å²) in [5.74, 6) is 0.205. The van der Waals surface area contributed by atoms with Crippen molar-refractivity contribution in [2.45, 2.75) is 13.3 Å². The van der Waals surface area contributed by atoms with Gasteiger partial charge in [0.1, 0.15) is 5.75 Å². The summed E-state index contributed by atoms with van der Waals surface area (Å²) < 4.78 is 0. The second kappa shape index (κ2) is 3.38. The lowest BCUT2D eigenvalue weighted by Gasteiger charge is -1.98. The number of pyridine rings is 1. The number of benzene rings is 1. The van der Waals surface area contributed by atoms with E-state index in [1.807, 2.05) is 13.0 Å². The molecule has 3 aromatic rings. The second-order valence-corrected chi connectivity index (χ2v) is 4.11. The zero-order valence-electron chi connectivity index (χ0n) is 9.37. The van der Waals surface area contributed by atoms with Crippen molar-refractivity contribution < 1.29 is 5.11 Å². The van der Waals surface area contributed by atoms with Gasteiger partial charge >= 0.3 is 0 Å². The van der Waals surface area contributed by atoms with Gasteiger partial charge in [-0.05, 0) is 24.6 Å². The van der Waals surface area contributed by atoms with E-state index in [0.717, 1.165) is 33.9 Å². The molecule has 0 aliphatic carbocycles. The van der Waals surface area contributed by atoms with Crippen LogP contribution in [-0.4, -0.2) is 15.1 Å². The number of aromatic amines is 2. The van der Waals surface area contributed by atoms with Gasteiger partial charge in [0.15, 0.2) is 0 Å². The Bertz CT molecular complexity index is 768. The molecule has 0 aliphatic heterocycles. The summed E-state index contributed by atoms with van der Waals surface area (Å²) in [6.45, 7) is 1.99. The molecule has 0 radical (unpaired) electrons. The van der Waals surface area contributed by atoms with Crippen molar-refractivity contribution in [1.82, 2.24) is 9.97 Å². The number of hydrogen-bond donors (Lipinski definition) is 3. The molecule has 17 heavy (non-hydrogen) atoms. The predicted octanol–water partition coefficient (Wildman–Crippen LogP) is 2.28. The molecule has 0 amide bonds. The Morgan fingerprint density at radius 2 is 2.00 bits per heavy atom. The van der Waals surface area contributed by atoms with Crippen LogP contribution >= 0.6 is 0 Å². The molecule has 0 spiro atoms. The van der Waals surface area contributed by atoms with Crippen LogP contribution in [0.4, 0.5) is 0 Å². The minimum atomic E-state index is -0.112. The minimum Gasteiger partial charge on any atom is -0.508 e. The van der Waals surface area contributed by atoms with Crippen molar-refractivity contribution >= 4 is 21.8 Å². The average Bonchev–Trinajstić information content (AvgIpc) is 2.66. The van der Waals surface area contributed by atoms with Gasteiger partial charge in [0.25, 0.3) is 0 Å². The van der Waals surface area contributed by atoms with E-state index in [9.17, 15) is 9.90 Å². The van der Waals surface area contributed by atoms with Crippen LogP contribution in [-0.2, 0) is 6.42 Å². The molecule has 86 valence electrons. The van der Waals surface area contributed by atoms with E-state index >= 15 is 0 Å². The second-order valence-electron chi connectivity index (χ2n) is 4.11. The van der Waals surface area contributed by atoms with Gasteiger partial charge in [0.05, 0.1) is 5.52 Å². The number of phenolic OH excluding ortho intramolecular Hbond substituents is 1. The fourth-order valence-corrected chi connectivity index (χ4v) is 2.23. The van der Waals surface area contributed by atoms with Crippen molar-refractivity contribution in [2.24, 2.45) is 0 Å². The highest BCUT2D eigenvalue weighted by atomic mass is 16.3. The van der Waals surface area contributed by atoms with Crippen LogP contribution in [0.2, 0.25) is 0 Å². The molecule has 0 bridgehead atoms. The molecule has 0 fully saturated rings. The molecule has 1 aromatic carbocycles. The molecule has 2 heterocycles. The molecule has 0 saturated heterocycles. The molecule has 4 heteroatoms. The Balaban J connectivity index is 2.56. The van der Waals surface area contributed by atoms with E-state index in [0.29, 0.717) is 0 Å². The predicted molar refractivity (Wildman–Crippen MR) is 67.5 cm³/mol. The van der Waals surface area contributed by atoms with Gasteiger partial charge in [-0.2, -0.15) is 0 Å². The summed E-state index contributed by atoms with van der Waals surface area (Å²) in [5.41, 5.74) is 2.64. The summed E-state index contributed by atoms with van der Waals surface area (Å²) in [6.07, 6.45) is 0.755. The fraction of sp³-hybridized carbons (Fsp3) is 0.154. The molecular weight excluding hydrogens is 216 g/mol. The molecule has 2 aromatic heterocycles. The van der Waals surface area contributed by atoms with E-state index in [1.54, 1.807) is 18.2 Å². The molecular formula is C13H12N2O2. The quantitative estimate of drug-likeness (QED) is 0.598. The van der Waals surface area contributed by atoms with Gasteiger partial charge in [-0.15, -0.1) is 0 Å². The maximum atomic E-state index is 11.6. The molecule has 0 aliphatic rings. The lowest BCUT2D eigenvalue weighted by molar-refractivity contribution is 0.476. The SMILES string of the molecule is CCc1[nH]c(=O)cc2c1[nH]c1ccc(O)cc12. The summed E-state index contributed by atoms with van der Waals surface area (Å²) >= 11 is 0. The normalized spacial score (nSPS) is 11.4. The first-order chi connectivity index (χ1) is 8.19. The Labute approximate surface area is 96.9 Å². The van der Waals surface area contributed by atoms with Gasteiger partial charge in [-0.25, -0.2) is 0 Å². The van der Waals surface area contributed by atoms with E-state index in [-0.39, 0.29) is 11.3 Å². The maximum absolute atomic E-state index is 11.6. The molecule has 3 N–H and O–H groups in total. The maximum Gasteiger partial charge on any atom is 0.248 e. The van der Waals surface area contributed by atoms with Crippen molar-refractivity contribution in [1.29, 1.82) is 0 Å². The monoisotopic (exact) mass is 228 g/mol. The number of aromatic hydroxyl groups is 1. The molecule has 0 saturated carbocycles. The zero-order chi connectivity index (χ0) is 12.0. The Hall–Kier alpha value is -2.23. The van der Waals surface area contributed by atoms with Gasteiger partial charge in [-0.3, -0.25) is 4.79 Å². The Morgan fingerprint density at radius 3 is 2.76 bits per heavy atom. The molecule has 0 unspecified atom stereocenters. The smallest absolute Gasteiger partial charge is 0.248 e. The Morgan fingerprint density at radius 1 is 1.18 bits per heavy atom. The first-order valence-electron chi connectivity index (χ1n) is 5.55. The van der Waals surface area contributed by atoms with Crippen molar-refractivity contribution in [3.63, 3.8) is 0 Å². The van der Waals surface area contributed by atoms with E-state index < -0.39 is 0 Å². The lowest BCUT2D eigenvalue weighted by Crippen LogP contribution is -2.06. The zero-order valence-corrected chi connectivity index (χ0v) is 9.37. The fourth-order valence-electron chi connectivity index (χ4n) is 2.23. The molecule has 0 atom stereocenters. The molecule has 3 rings (SSSR count). The van der Waals surface area contributed by atoms with E-state index in [1.165, 1.54) is 0 Å². The first-order valence-corrected chi connectivity index (χ1v) is 5.55. The van der Waals surface area contributed by atoms with Crippen molar-refractivity contribution in [3.05, 3.63) is 40.3 Å². The Kier molecular flexibility index (Phi) is 1.98. The third kappa shape index (κ3) is 1.41. The number of fused-ring (bicyclic) bond motifs is 3. The highest BCUT2D eigenvalue weighted by Gasteiger charge is 2.09. The number of aromatic nitrogens is 2. The summed E-state index contributed by atoms with van der Waals surface area (Å²) in [6, 6.07) is 6.68. The van der Waals surface area contributed by atoms with Crippen LogP contribution in [0.3, 0.4) is 0 Å². The summed E-state index contributed by atoms with van der Waals surface area (Å²) in [4.78, 5) is 17.7. The van der Waals surface area contributed by atoms with Crippen molar-refractivity contribution in [3.8, 4) is 5.75 Å². The highest BCUT2D eigenvalue weighted by molar-refractivity contribution is 6.08. The van der Waals surface area contributed by atoms with Gasteiger partial charge < -0.3 is 15.1 Å². The lowest BCUT2D eigenvalue weighted by atomic mass is 10.1. The number of hydrogen-bond acceptors (Lipinski definition) is 2. The summed E-state index contributed by atoms with van der Waals surface area (Å²) in [7, 11) is 0. The highest BCUT2D eigenvalue weighted by Crippen LogP contribution is 2.28. The van der Waals surface area contributed by atoms with Crippen LogP contribution in [0.15, 0.2) is 29.1 Å². The number of phenols is 1. The third-order valence-corrected chi connectivity index (χ3v) is 3.03. The average molecular weight is 228 g/mol. The van der Waals surface area contributed by atoms with Crippen molar-refractivity contribution in [2.75, 3.05) is 0 Å². The van der Waals surface area contributed by atoms with Gasteiger partial charge in [0.2, 0.25) is 5.56 Å². The van der Waals surface area contributed by atoms with Gasteiger partial charge in [0, 0.05) is 28.0 Å². The van der Waals surface area contributed by atoms with Crippen LogP contribution in [0.1, 0.15) is 12.6 Å². The van der Waals surface area contributed by atoms with Crippen LogP contribution in [0.5, 0.6) is 5.75 Å². The van der Waals surface area contributed by atoms with E-state index in [4.69, 9.17) is 0 Å². The van der Waals surface area contributed by atoms with Crippen LogP contribution in [0, 0.1) is 0 Å². The number of rotatable bonds is 1. The summed E-state index contributed by atoms with van der Waals surface area (Å²) in [5, 5.41) is 11.2. The van der Waals surface area contributed by atoms with Gasteiger partial charge in [-0.1, -0.05) is 6.92 Å². The largest absolute Gasteiger partial charge is 0.508 e. The third-order valence-electron chi connectivity index (χ3n) is 3.03.